The van der Waals surface area contributed by atoms with E-state index in [1.165, 1.54) is 0 Å². The van der Waals surface area contributed by atoms with Crippen molar-refractivity contribution in [2.45, 2.75) is 11.6 Å². The van der Waals surface area contributed by atoms with E-state index in [1.807, 2.05) is 84.9 Å². The molecule has 3 aromatic rings. The van der Waals surface area contributed by atoms with E-state index in [0.29, 0.717) is 5.75 Å². The van der Waals surface area contributed by atoms with Crippen molar-refractivity contribution in [3.63, 3.8) is 0 Å². The molecule has 1 atom stereocenters. The van der Waals surface area contributed by atoms with Crippen LogP contribution < -0.4 is 10.1 Å². The summed E-state index contributed by atoms with van der Waals surface area (Å²) in [4.78, 5) is 11.9. The zero-order valence-corrected chi connectivity index (χ0v) is 16.5. The monoisotopic (exact) mass is 393 g/mol. The Balaban J connectivity index is 2.37. The number of rotatable bonds is 8. The minimum Gasteiger partial charge on any atom is -0.496 e. The molecule has 0 fully saturated rings. The van der Waals surface area contributed by atoms with Crippen LogP contribution in [0.2, 0.25) is 0 Å². The number of nitrogens with one attached hydrogen (secondary N) is 1. The number of thiol groups is 1. The second kappa shape index (κ2) is 8.95. The van der Waals surface area contributed by atoms with Crippen LogP contribution in [0.25, 0.3) is 0 Å². The lowest BCUT2D eigenvalue weighted by molar-refractivity contribution is -0.139. The lowest BCUT2D eigenvalue weighted by atomic mass is 9.76. The maximum atomic E-state index is 11.9. The van der Waals surface area contributed by atoms with Crippen molar-refractivity contribution >= 4 is 18.6 Å². The van der Waals surface area contributed by atoms with Gasteiger partial charge in [-0.05, 0) is 17.2 Å². The largest absolute Gasteiger partial charge is 0.496 e. The first-order chi connectivity index (χ1) is 13.6. The quantitative estimate of drug-likeness (QED) is 0.401. The highest BCUT2D eigenvalue weighted by Gasteiger charge is 2.41. The molecule has 0 heterocycles. The van der Waals surface area contributed by atoms with Gasteiger partial charge in [0.1, 0.15) is 11.8 Å². The van der Waals surface area contributed by atoms with Gasteiger partial charge < -0.3 is 9.84 Å². The molecule has 0 saturated heterocycles. The number of carboxylic acids is 1. The second-order valence-electron chi connectivity index (χ2n) is 6.40. The first-order valence-electron chi connectivity index (χ1n) is 8.99. The van der Waals surface area contributed by atoms with Crippen molar-refractivity contribution in [2.75, 3.05) is 12.9 Å². The fourth-order valence-electron chi connectivity index (χ4n) is 3.50. The fourth-order valence-corrected chi connectivity index (χ4v) is 3.75. The fraction of sp³-hybridized carbons (Fsp3) is 0.174. The Morgan fingerprint density at radius 3 is 1.93 bits per heavy atom. The van der Waals surface area contributed by atoms with Crippen LogP contribution in [0, 0.1) is 0 Å². The van der Waals surface area contributed by atoms with Gasteiger partial charge in [-0.15, -0.1) is 0 Å². The molecule has 0 spiro atoms. The smallest absolute Gasteiger partial charge is 0.321 e. The minimum atomic E-state index is -0.957. The highest BCUT2D eigenvalue weighted by molar-refractivity contribution is 7.80. The molecule has 0 bridgehead atoms. The molecule has 0 saturated carbocycles. The number of methoxy groups -OCH3 is 1. The van der Waals surface area contributed by atoms with E-state index < -0.39 is 17.6 Å². The summed E-state index contributed by atoms with van der Waals surface area (Å²) >= 11 is 4.28. The van der Waals surface area contributed by atoms with Crippen molar-refractivity contribution in [3.8, 4) is 5.75 Å². The Morgan fingerprint density at radius 2 is 1.46 bits per heavy atom. The molecule has 0 unspecified atom stereocenters. The lowest BCUT2D eigenvalue weighted by Gasteiger charge is -2.39. The average molecular weight is 394 g/mol. The van der Waals surface area contributed by atoms with Crippen LogP contribution in [0.1, 0.15) is 16.7 Å². The summed E-state index contributed by atoms with van der Waals surface area (Å²) in [6.45, 7) is 0. The predicted octanol–water partition coefficient (Wildman–Crippen LogP) is 3.96. The molecule has 3 rings (SSSR count). The van der Waals surface area contributed by atoms with Gasteiger partial charge in [-0.2, -0.15) is 12.6 Å². The number of carboxylic acid groups (broad SMARTS) is 1. The minimum absolute atomic E-state index is 0.145. The van der Waals surface area contributed by atoms with E-state index in [4.69, 9.17) is 4.74 Å². The summed E-state index contributed by atoms with van der Waals surface area (Å²) in [5.41, 5.74) is 1.74. The first-order valence-corrected chi connectivity index (χ1v) is 9.62. The van der Waals surface area contributed by atoms with Crippen LogP contribution in [0.3, 0.4) is 0 Å². The maximum Gasteiger partial charge on any atom is 0.321 e. The third kappa shape index (κ3) is 3.77. The molecule has 28 heavy (non-hydrogen) atoms. The predicted molar refractivity (Wildman–Crippen MR) is 114 cm³/mol. The molecule has 5 heteroatoms. The van der Waals surface area contributed by atoms with E-state index in [0.717, 1.165) is 16.7 Å². The first kappa shape index (κ1) is 20.0. The lowest BCUT2D eigenvalue weighted by Crippen LogP contribution is -2.53. The molecular weight excluding hydrogens is 370 g/mol. The Bertz CT molecular complexity index is 876. The summed E-state index contributed by atoms with van der Waals surface area (Å²) in [6.07, 6.45) is 0. The topological polar surface area (TPSA) is 58.6 Å². The molecule has 3 aromatic carbocycles. The van der Waals surface area contributed by atoms with Gasteiger partial charge in [0.15, 0.2) is 0 Å². The number of benzene rings is 3. The summed E-state index contributed by atoms with van der Waals surface area (Å²) in [5, 5.41) is 13.1. The number of hydrogen-bond acceptors (Lipinski definition) is 4. The maximum absolute atomic E-state index is 11.9. The van der Waals surface area contributed by atoms with Gasteiger partial charge >= 0.3 is 5.97 Å². The zero-order valence-electron chi connectivity index (χ0n) is 15.6. The van der Waals surface area contributed by atoms with Crippen LogP contribution in [0.15, 0.2) is 84.9 Å². The molecule has 0 aromatic heterocycles. The average Bonchev–Trinajstić information content (AvgIpc) is 2.76. The van der Waals surface area contributed by atoms with Gasteiger partial charge in [0.25, 0.3) is 0 Å². The zero-order chi connectivity index (χ0) is 20.0. The van der Waals surface area contributed by atoms with E-state index in [-0.39, 0.29) is 5.75 Å². The molecule has 0 aliphatic carbocycles. The number of aliphatic carboxylic acids is 1. The molecule has 0 radical (unpaired) electrons. The highest BCUT2D eigenvalue weighted by Crippen LogP contribution is 2.41. The number of para-hydroxylation sites is 1. The van der Waals surface area contributed by atoms with E-state index in [1.54, 1.807) is 7.11 Å². The Morgan fingerprint density at radius 1 is 0.964 bits per heavy atom. The van der Waals surface area contributed by atoms with Crippen molar-refractivity contribution in [1.29, 1.82) is 0 Å². The van der Waals surface area contributed by atoms with Crippen LogP contribution in [0.4, 0.5) is 0 Å². The van der Waals surface area contributed by atoms with Crippen LogP contribution in [-0.2, 0) is 10.3 Å². The summed E-state index contributed by atoms with van der Waals surface area (Å²) in [7, 11) is 1.62. The number of hydrogen-bond donors (Lipinski definition) is 3. The molecule has 4 nitrogen and oxygen atoms in total. The molecular formula is C23H23NO3S. The van der Waals surface area contributed by atoms with Crippen molar-refractivity contribution in [3.05, 3.63) is 102 Å². The standard InChI is InChI=1S/C23H23NO3S/c1-27-21-15-9-8-14-19(21)23(17-10-4-2-5-11-17,18-12-6-3-7-13-18)24-20(16-28)22(25)26/h2-15,20,24,28H,16H2,1H3,(H,25,26)/t20-/m0/s1. The SMILES string of the molecule is COc1ccccc1C(N[C@@H](CS)C(=O)O)(c1ccccc1)c1ccccc1. The van der Waals surface area contributed by atoms with Crippen molar-refractivity contribution < 1.29 is 14.6 Å². The summed E-state index contributed by atoms with van der Waals surface area (Å²) < 4.78 is 5.66. The van der Waals surface area contributed by atoms with Gasteiger partial charge in [-0.1, -0.05) is 78.9 Å². The third-order valence-corrected chi connectivity index (χ3v) is 5.16. The third-order valence-electron chi connectivity index (χ3n) is 4.80. The van der Waals surface area contributed by atoms with Gasteiger partial charge in [0, 0.05) is 11.3 Å². The molecule has 0 aliphatic rings. The Hall–Kier alpha value is -2.76. The molecule has 144 valence electrons. The van der Waals surface area contributed by atoms with Crippen LogP contribution in [0.5, 0.6) is 5.75 Å². The molecule has 0 amide bonds. The second-order valence-corrected chi connectivity index (χ2v) is 6.77. The molecule has 2 N–H and O–H groups in total. The van der Waals surface area contributed by atoms with Crippen LogP contribution in [-0.4, -0.2) is 30.0 Å². The van der Waals surface area contributed by atoms with E-state index >= 15 is 0 Å². The van der Waals surface area contributed by atoms with Gasteiger partial charge in [0.05, 0.1) is 12.6 Å². The van der Waals surface area contributed by atoms with Gasteiger partial charge in [-0.25, -0.2) is 0 Å². The van der Waals surface area contributed by atoms with Crippen molar-refractivity contribution in [2.24, 2.45) is 0 Å². The normalized spacial score (nSPS) is 12.4. The number of ether oxygens (including phenoxy) is 1. The Kier molecular flexibility index (Phi) is 6.39. The van der Waals surface area contributed by atoms with Crippen molar-refractivity contribution in [1.82, 2.24) is 5.32 Å². The van der Waals surface area contributed by atoms with E-state index in [2.05, 4.69) is 17.9 Å². The van der Waals surface area contributed by atoms with Gasteiger partial charge in [0.2, 0.25) is 0 Å². The van der Waals surface area contributed by atoms with Gasteiger partial charge in [-0.3, -0.25) is 10.1 Å². The van der Waals surface area contributed by atoms with E-state index in [9.17, 15) is 9.90 Å². The molecule has 0 aliphatic heterocycles. The summed E-state index contributed by atoms with van der Waals surface area (Å²) in [6, 6.07) is 26.4. The summed E-state index contributed by atoms with van der Waals surface area (Å²) in [5.74, 6) is -0.140. The number of carbonyl (C=O) groups is 1. The Labute approximate surface area is 170 Å². The van der Waals surface area contributed by atoms with Crippen LogP contribution >= 0.6 is 12.6 Å². The highest BCUT2D eigenvalue weighted by atomic mass is 32.1.